The molecule has 0 unspecified atom stereocenters. The number of rotatable bonds is 3. The van der Waals surface area contributed by atoms with E-state index in [2.05, 4.69) is 4.90 Å². The summed E-state index contributed by atoms with van der Waals surface area (Å²) in [7, 11) is 0. The van der Waals surface area contributed by atoms with E-state index in [4.69, 9.17) is 5.11 Å². The lowest BCUT2D eigenvalue weighted by Crippen LogP contribution is -2.30. The molecule has 0 saturated heterocycles. The fraction of sp³-hybridized carbons (Fsp3) is 0.278. The SMILES string of the molecule is O=C(O)c1ccc2c(c1)CCN(Cc1ccc(C(F)(F)F)cc1)C2. The molecule has 0 bridgehead atoms. The summed E-state index contributed by atoms with van der Waals surface area (Å²) in [6.45, 7) is 1.98. The zero-order valence-electron chi connectivity index (χ0n) is 12.8. The average Bonchev–Trinajstić information content (AvgIpc) is 2.54. The molecule has 0 amide bonds. The van der Waals surface area contributed by atoms with Crippen molar-refractivity contribution in [2.45, 2.75) is 25.7 Å². The molecule has 0 aromatic heterocycles. The van der Waals surface area contributed by atoms with Gasteiger partial charge in [0.05, 0.1) is 11.1 Å². The molecule has 2 aromatic carbocycles. The van der Waals surface area contributed by atoms with Gasteiger partial charge in [0.2, 0.25) is 0 Å². The largest absolute Gasteiger partial charge is 0.478 e. The van der Waals surface area contributed by atoms with E-state index < -0.39 is 17.7 Å². The maximum atomic E-state index is 12.6. The van der Waals surface area contributed by atoms with Crippen LogP contribution in [0.1, 0.15) is 32.6 Å². The Bertz CT molecular complexity index is 754. The average molecular weight is 335 g/mol. The molecule has 0 aliphatic carbocycles. The maximum absolute atomic E-state index is 12.6. The number of nitrogens with zero attached hydrogens (tertiary/aromatic N) is 1. The van der Waals surface area contributed by atoms with Crippen LogP contribution in [0.3, 0.4) is 0 Å². The lowest BCUT2D eigenvalue weighted by Gasteiger charge is -2.29. The number of benzene rings is 2. The molecule has 0 saturated carbocycles. The molecule has 6 heteroatoms. The van der Waals surface area contributed by atoms with Gasteiger partial charge in [0.25, 0.3) is 0 Å². The van der Waals surface area contributed by atoms with Gasteiger partial charge in [-0.1, -0.05) is 18.2 Å². The zero-order valence-corrected chi connectivity index (χ0v) is 12.8. The van der Waals surface area contributed by atoms with Crippen LogP contribution in [-0.4, -0.2) is 22.5 Å². The van der Waals surface area contributed by atoms with E-state index in [1.807, 2.05) is 6.07 Å². The Hall–Kier alpha value is -2.34. The number of aromatic carboxylic acids is 1. The second kappa shape index (κ2) is 6.28. The van der Waals surface area contributed by atoms with E-state index >= 15 is 0 Å². The van der Waals surface area contributed by atoms with Crippen molar-refractivity contribution < 1.29 is 23.1 Å². The molecule has 126 valence electrons. The van der Waals surface area contributed by atoms with Gasteiger partial charge < -0.3 is 5.11 Å². The van der Waals surface area contributed by atoms with Crippen molar-refractivity contribution in [3.05, 3.63) is 70.3 Å². The smallest absolute Gasteiger partial charge is 0.416 e. The first kappa shape index (κ1) is 16.5. The third kappa shape index (κ3) is 3.59. The second-order valence-electron chi connectivity index (χ2n) is 5.94. The Morgan fingerprint density at radius 2 is 1.79 bits per heavy atom. The Morgan fingerprint density at radius 3 is 2.42 bits per heavy atom. The van der Waals surface area contributed by atoms with E-state index in [1.54, 1.807) is 12.1 Å². The van der Waals surface area contributed by atoms with E-state index in [0.29, 0.717) is 13.1 Å². The van der Waals surface area contributed by atoms with E-state index in [1.165, 1.54) is 12.1 Å². The summed E-state index contributed by atoms with van der Waals surface area (Å²) in [4.78, 5) is 13.1. The Kier molecular flexibility index (Phi) is 4.32. The first-order valence-electron chi connectivity index (χ1n) is 7.56. The fourth-order valence-corrected chi connectivity index (χ4v) is 2.94. The molecule has 0 radical (unpaired) electrons. The van der Waals surface area contributed by atoms with Crippen LogP contribution < -0.4 is 0 Å². The normalized spacial score (nSPS) is 15.1. The minimum Gasteiger partial charge on any atom is -0.478 e. The molecule has 2 aromatic rings. The van der Waals surface area contributed by atoms with Crippen LogP contribution in [-0.2, 0) is 25.7 Å². The van der Waals surface area contributed by atoms with Gasteiger partial charge in [0, 0.05) is 19.6 Å². The van der Waals surface area contributed by atoms with Crippen LogP contribution in [0.5, 0.6) is 0 Å². The molecule has 0 atom stereocenters. The third-order valence-corrected chi connectivity index (χ3v) is 4.23. The lowest BCUT2D eigenvalue weighted by molar-refractivity contribution is -0.137. The first-order valence-corrected chi connectivity index (χ1v) is 7.56. The Morgan fingerprint density at radius 1 is 1.08 bits per heavy atom. The molecule has 24 heavy (non-hydrogen) atoms. The summed E-state index contributed by atoms with van der Waals surface area (Å²) in [5, 5.41) is 9.02. The minimum absolute atomic E-state index is 0.282. The molecule has 3 rings (SSSR count). The summed E-state index contributed by atoms with van der Waals surface area (Å²) in [6.07, 6.45) is -3.58. The first-order chi connectivity index (χ1) is 11.3. The standard InChI is InChI=1S/C18H16F3NO2/c19-18(20,21)16-5-1-12(2-6-16)10-22-8-7-13-9-14(17(23)24)3-4-15(13)11-22/h1-6,9H,7-8,10-11H2,(H,23,24). The zero-order chi connectivity index (χ0) is 17.3. The Balaban J connectivity index is 1.69. The van der Waals surface area contributed by atoms with Crippen LogP contribution in [0, 0.1) is 0 Å². The lowest BCUT2D eigenvalue weighted by atomic mass is 9.97. The predicted molar refractivity (Wildman–Crippen MR) is 82.7 cm³/mol. The quantitative estimate of drug-likeness (QED) is 0.923. The molecular formula is C18H16F3NO2. The van der Waals surface area contributed by atoms with Crippen molar-refractivity contribution in [2.24, 2.45) is 0 Å². The molecule has 0 spiro atoms. The van der Waals surface area contributed by atoms with E-state index in [-0.39, 0.29) is 5.56 Å². The van der Waals surface area contributed by atoms with Gasteiger partial charge in [0.15, 0.2) is 0 Å². The van der Waals surface area contributed by atoms with Gasteiger partial charge in [-0.05, 0) is 47.4 Å². The number of fused-ring (bicyclic) bond motifs is 1. The van der Waals surface area contributed by atoms with Crippen molar-refractivity contribution >= 4 is 5.97 Å². The minimum atomic E-state index is -4.32. The van der Waals surface area contributed by atoms with Crippen molar-refractivity contribution in [1.82, 2.24) is 4.90 Å². The molecule has 0 fully saturated rings. The van der Waals surface area contributed by atoms with Crippen LogP contribution >= 0.6 is 0 Å². The van der Waals surface area contributed by atoms with Crippen molar-refractivity contribution in [3.8, 4) is 0 Å². The number of carbonyl (C=O) groups is 1. The second-order valence-corrected chi connectivity index (χ2v) is 5.94. The molecule has 1 aliphatic heterocycles. The van der Waals surface area contributed by atoms with Gasteiger partial charge in [-0.25, -0.2) is 4.79 Å². The highest BCUT2D eigenvalue weighted by Gasteiger charge is 2.30. The number of alkyl halides is 3. The number of hydrogen-bond acceptors (Lipinski definition) is 2. The molecule has 3 nitrogen and oxygen atoms in total. The summed E-state index contributed by atoms with van der Waals surface area (Å²) < 4.78 is 37.7. The summed E-state index contributed by atoms with van der Waals surface area (Å²) in [5.74, 6) is -0.940. The highest BCUT2D eigenvalue weighted by atomic mass is 19.4. The topological polar surface area (TPSA) is 40.5 Å². The van der Waals surface area contributed by atoms with Gasteiger partial charge >= 0.3 is 12.1 Å². The Labute approximate surface area is 137 Å². The van der Waals surface area contributed by atoms with Crippen LogP contribution in [0.2, 0.25) is 0 Å². The van der Waals surface area contributed by atoms with Crippen molar-refractivity contribution in [1.29, 1.82) is 0 Å². The van der Waals surface area contributed by atoms with Crippen LogP contribution in [0.25, 0.3) is 0 Å². The van der Waals surface area contributed by atoms with Crippen LogP contribution in [0.15, 0.2) is 42.5 Å². The monoisotopic (exact) mass is 335 g/mol. The molecule has 1 N–H and O–H groups in total. The maximum Gasteiger partial charge on any atom is 0.416 e. The molecule has 1 heterocycles. The van der Waals surface area contributed by atoms with Gasteiger partial charge in [-0.3, -0.25) is 4.90 Å². The van der Waals surface area contributed by atoms with Crippen molar-refractivity contribution in [3.63, 3.8) is 0 Å². The molecule has 1 aliphatic rings. The summed E-state index contributed by atoms with van der Waals surface area (Å²) in [6, 6.07) is 10.3. The number of carboxylic acid groups (broad SMARTS) is 1. The van der Waals surface area contributed by atoms with E-state index in [9.17, 15) is 18.0 Å². The van der Waals surface area contributed by atoms with Crippen LogP contribution in [0.4, 0.5) is 13.2 Å². The fourth-order valence-electron chi connectivity index (χ4n) is 2.94. The third-order valence-electron chi connectivity index (χ3n) is 4.23. The number of carboxylic acids is 1. The van der Waals surface area contributed by atoms with E-state index in [0.717, 1.165) is 41.8 Å². The van der Waals surface area contributed by atoms with Crippen molar-refractivity contribution in [2.75, 3.05) is 6.54 Å². The van der Waals surface area contributed by atoms with Gasteiger partial charge in [-0.15, -0.1) is 0 Å². The van der Waals surface area contributed by atoms with Gasteiger partial charge in [-0.2, -0.15) is 13.2 Å². The van der Waals surface area contributed by atoms with Gasteiger partial charge in [0.1, 0.15) is 0 Å². The number of halogens is 3. The highest BCUT2D eigenvalue weighted by molar-refractivity contribution is 5.87. The summed E-state index contributed by atoms with van der Waals surface area (Å²) in [5.41, 5.74) is 2.56. The molecular weight excluding hydrogens is 319 g/mol. The number of hydrogen-bond donors (Lipinski definition) is 1. The summed E-state index contributed by atoms with van der Waals surface area (Å²) >= 11 is 0. The predicted octanol–water partition coefficient (Wildman–Crippen LogP) is 3.96. The highest BCUT2D eigenvalue weighted by Crippen LogP contribution is 2.29.